The summed E-state index contributed by atoms with van der Waals surface area (Å²) in [4.78, 5) is 5.57. The highest BCUT2D eigenvalue weighted by molar-refractivity contribution is 7.26. The molecule has 0 aliphatic rings. The number of fused-ring (bicyclic) bond motifs is 10. The lowest BCUT2D eigenvalue weighted by Gasteiger charge is -2.10. The van der Waals surface area contributed by atoms with E-state index in [1.54, 1.807) is 11.3 Å². The summed E-state index contributed by atoms with van der Waals surface area (Å²) in [6.45, 7) is 0. The summed E-state index contributed by atoms with van der Waals surface area (Å²) in [5, 5.41) is 8.73. The molecule has 13 rings (SSSR count). The maximum Gasteiger partial charge on any atom is 0.195 e. The Kier molecular flexibility index (Phi) is 7.55. The number of thiazole rings is 1. The van der Waals surface area contributed by atoms with E-state index in [1.807, 2.05) is 22.7 Å². The van der Waals surface area contributed by atoms with Crippen LogP contribution >= 0.6 is 34.0 Å². The van der Waals surface area contributed by atoms with Crippen molar-refractivity contribution >= 4 is 106 Å². The van der Waals surface area contributed by atoms with Crippen LogP contribution in [0, 0.1) is 0 Å². The zero-order valence-electron chi connectivity index (χ0n) is 32.1. The Labute approximate surface area is 357 Å². The number of hydrogen-bond acceptors (Lipinski definition) is 4. The molecule has 0 atom stereocenters. The minimum absolute atomic E-state index is 0.970. The van der Waals surface area contributed by atoms with E-state index in [-0.39, 0.29) is 0 Å². The van der Waals surface area contributed by atoms with Crippen molar-refractivity contribution in [1.29, 1.82) is 0 Å². The van der Waals surface area contributed by atoms with Crippen molar-refractivity contribution in [2.45, 2.75) is 0 Å². The SMILES string of the molecule is c1ccc2c(c1)sc1c(-c3ccc(-c4ccc(-c5ccc(-c6cccc7c6sc6ccccc67)cc5)c5sc(-n6c7ccccc7c7ccccc76)nc45)cc3)cccc12. The van der Waals surface area contributed by atoms with Crippen LogP contribution in [0.4, 0.5) is 0 Å². The highest BCUT2D eigenvalue weighted by Crippen LogP contribution is 2.45. The van der Waals surface area contributed by atoms with Crippen molar-refractivity contribution < 1.29 is 0 Å². The highest BCUT2D eigenvalue weighted by atomic mass is 32.1. The fourth-order valence-electron chi connectivity index (χ4n) is 9.29. The summed E-state index contributed by atoms with van der Waals surface area (Å²) >= 11 is 5.54. The number of benzene rings is 9. The van der Waals surface area contributed by atoms with Gasteiger partial charge in [0.05, 0.1) is 21.3 Å². The lowest BCUT2D eigenvalue weighted by Crippen LogP contribution is -1.92. The minimum atomic E-state index is 0.970. The van der Waals surface area contributed by atoms with Crippen molar-refractivity contribution in [1.82, 2.24) is 9.55 Å². The van der Waals surface area contributed by atoms with Gasteiger partial charge >= 0.3 is 0 Å². The van der Waals surface area contributed by atoms with E-state index >= 15 is 0 Å². The molecule has 13 aromatic rings. The number of thiophene rings is 2. The molecule has 4 heterocycles. The molecule has 280 valence electrons. The Morgan fingerprint density at radius 2 is 0.700 bits per heavy atom. The first-order chi connectivity index (χ1) is 29.7. The molecule has 0 fully saturated rings. The molecule has 60 heavy (non-hydrogen) atoms. The van der Waals surface area contributed by atoms with Gasteiger partial charge in [0.25, 0.3) is 0 Å². The molecule has 5 heteroatoms. The van der Waals surface area contributed by atoms with Crippen LogP contribution in [0.2, 0.25) is 0 Å². The van der Waals surface area contributed by atoms with Gasteiger partial charge in [-0.25, -0.2) is 4.98 Å². The van der Waals surface area contributed by atoms with Gasteiger partial charge in [0, 0.05) is 62.2 Å². The van der Waals surface area contributed by atoms with Crippen LogP contribution in [-0.4, -0.2) is 9.55 Å². The fraction of sp³-hybridized carbons (Fsp3) is 0. The van der Waals surface area contributed by atoms with E-state index in [2.05, 4.69) is 199 Å². The van der Waals surface area contributed by atoms with Crippen LogP contribution in [0.5, 0.6) is 0 Å². The molecule has 4 aromatic heterocycles. The first-order valence-corrected chi connectivity index (χ1v) is 22.6. The summed E-state index contributed by atoms with van der Waals surface area (Å²) in [6.07, 6.45) is 0. The average molecular weight is 817 g/mol. The number of hydrogen-bond donors (Lipinski definition) is 0. The van der Waals surface area contributed by atoms with Crippen molar-refractivity contribution in [3.05, 3.63) is 194 Å². The second-order valence-electron chi connectivity index (χ2n) is 15.4. The molecular weight excluding hydrogens is 785 g/mol. The zero-order chi connectivity index (χ0) is 39.3. The van der Waals surface area contributed by atoms with Crippen LogP contribution in [0.25, 0.3) is 122 Å². The van der Waals surface area contributed by atoms with Crippen molar-refractivity contribution in [2.75, 3.05) is 0 Å². The Morgan fingerprint density at radius 1 is 0.300 bits per heavy atom. The molecule has 2 nitrogen and oxygen atoms in total. The maximum atomic E-state index is 5.57. The zero-order valence-corrected chi connectivity index (χ0v) is 34.5. The van der Waals surface area contributed by atoms with Gasteiger partial charge in [-0.15, -0.1) is 22.7 Å². The lowest BCUT2D eigenvalue weighted by atomic mass is 9.95. The number of para-hydroxylation sites is 2. The van der Waals surface area contributed by atoms with Crippen LogP contribution in [0.15, 0.2) is 194 Å². The molecule has 9 aromatic carbocycles. The Bertz CT molecular complexity index is 3580. The van der Waals surface area contributed by atoms with Gasteiger partial charge in [0.2, 0.25) is 0 Å². The average Bonchev–Trinajstić information content (AvgIpc) is 4.09. The van der Waals surface area contributed by atoms with E-state index < -0.39 is 0 Å². The van der Waals surface area contributed by atoms with Crippen molar-refractivity contribution in [3.8, 4) is 49.6 Å². The quantitative estimate of drug-likeness (QED) is 0.169. The number of nitrogens with zero attached hydrogens (tertiary/aromatic N) is 2. The topological polar surface area (TPSA) is 17.8 Å². The van der Waals surface area contributed by atoms with Crippen molar-refractivity contribution in [2.24, 2.45) is 0 Å². The number of rotatable bonds is 5. The molecule has 0 amide bonds. The van der Waals surface area contributed by atoms with Gasteiger partial charge in [-0.05, 0) is 57.6 Å². The van der Waals surface area contributed by atoms with E-state index in [1.165, 1.54) is 100 Å². The summed E-state index contributed by atoms with van der Waals surface area (Å²) in [5.74, 6) is 0. The predicted molar refractivity (Wildman–Crippen MR) is 261 cm³/mol. The molecule has 0 radical (unpaired) electrons. The van der Waals surface area contributed by atoms with Gasteiger partial charge < -0.3 is 0 Å². The first-order valence-electron chi connectivity index (χ1n) is 20.2. The summed E-state index contributed by atoms with van der Waals surface area (Å²) in [7, 11) is 0. The van der Waals surface area contributed by atoms with Crippen LogP contribution in [-0.2, 0) is 0 Å². The minimum Gasteiger partial charge on any atom is -0.285 e. The van der Waals surface area contributed by atoms with Gasteiger partial charge in [-0.1, -0.05) is 181 Å². The van der Waals surface area contributed by atoms with Crippen molar-refractivity contribution in [3.63, 3.8) is 0 Å². The Balaban J connectivity index is 0.965. The molecule has 0 aliphatic heterocycles. The third kappa shape index (κ3) is 5.13. The highest BCUT2D eigenvalue weighted by Gasteiger charge is 2.20. The monoisotopic (exact) mass is 816 g/mol. The van der Waals surface area contributed by atoms with Crippen LogP contribution < -0.4 is 0 Å². The molecule has 0 N–H and O–H groups in total. The smallest absolute Gasteiger partial charge is 0.195 e. The third-order valence-electron chi connectivity index (χ3n) is 12.1. The third-order valence-corrected chi connectivity index (χ3v) is 15.6. The largest absolute Gasteiger partial charge is 0.285 e. The predicted octanol–water partition coefficient (Wildman–Crippen LogP) is 16.8. The van der Waals surface area contributed by atoms with E-state index in [9.17, 15) is 0 Å². The number of aromatic nitrogens is 2. The molecule has 0 saturated carbocycles. The molecule has 0 unspecified atom stereocenters. The maximum absolute atomic E-state index is 5.57. The van der Waals surface area contributed by atoms with Gasteiger partial charge in [0.1, 0.15) is 0 Å². The molecule has 0 saturated heterocycles. The lowest BCUT2D eigenvalue weighted by molar-refractivity contribution is 1.15. The molecule has 0 bridgehead atoms. The van der Waals surface area contributed by atoms with E-state index in [0.29, 0.717) is 0 Å². The van der Waals surface area contributed by atoms with E-state index in [4.69, 9.17) is 4.98 Å². The summed E-state index contributed by atoms with van der Waals surface area (Å²) in [6, 6.07) is 71.1. The first kappa shape index (κ1) is 34.0. The normalized spacial score (nSPS) is 12.0. The second kappa shape index (κ2) is 13.3. The molecule has 0 aliphatic carbocycles. The standard InChI is InChI=1S/C55H32N2S3/c1-5-19-47-41(11-1)42-12-2-6-20-48(42)57(47)55-56-51-37(33-23-25-34(26-24-33)38-15-9-17-45-43-13-3-7-21-49(43)58-52(38)45)31-32-40(54(51)60-55)36-29-27-35(28-30-36)39-16-10-18-46-44-14-4-8-22-50(44)59-53(39)46/h1-32H. The van der Waals surface area contributed by atoms with E-state index in [0.717, 1.165) is 21.8 Å². The van der Waals surface area contributed by atoms with Crippen LogP contribution in [0.1, 0.15) is 0 Å². The Morgan fingerprint density at radius 3 is 1.22 bits per heavy atom. The molecular formula is C55H32N2S3. The van der Waals surface area contributed by atoms with Gasteiger partial charge in [0.15, 0.2) is 5.13 Å². The second-order valence-corrected chi connectivity index (χ2v) is 18.5. The summed E-state index contributed by atoms with van der Waals surface area (Å²) < 4.78 is 8.86. The van der Waals surface area contributed by atoms with Gasteiger partial charge in [-0.2, -0.15) is 0 Å². The Hall–Kier alpha value is -6.89. The summed E-state index contributed by atoms with van der Waals surface area (Å²) in [5.41, 5.74) is 13.0. The van der Waals surface area contributed by atoms with Gasteiger partial charge in [-0.3, -0.25) is 4.57 Å². The molecule has 0 spiro atoms. The fourth-order valence-corrected chi connectivity index (χ4v) is 12.9. The van der Waals surface area contributed by atoms with Crippen LogP contribution in [0.3, 0.4) is 0 Å².